The Morgan fingerprint density at radius 3 is 2.19 bits per heavy atom. The zero-order chi connectivity index (χ0) is 11.1. The summed E-state index contributed by atoms with van der Waals surface area (Å²) >= 11 is 6.84. The number of rotatable bonds is 1. The molecule has 3 aliphatic rings. The highest BCUT2D eigenvalue weighted by Crippen LogP contribution is 2.28. The molecular weight excluding hydrogens is 336 g/mol. The van der Waals surface area contributed by atoms with Gasteiger partial charge in [0.15, 0.2) is 0 Å². The number of hydrogen-bond acceptors (Lipinski definition) is 4. The van der Waals surface area contributed by atoms with Crippen LogP contribution in [0.15, 0.2) is 15.3 Å². The zero-order valence-electron chi connectivity index (χ0n) is 8.74. The second-order valence-corrected chi connectivity index (χ2v) is 5.85. The van der Waals surface area contributed by atoms with Gasteiger partial charge in [0.2, 0.25) is 0 Å². The van der Waals surface area contributed by atoms with Crippen LogP contribution in [0.4, 0.5) is 0 Å². The molecule has 1 unspecified atom stereocenters. The summed E-state index contributed by atoms with van der Waals surface area (Å²) in [4.78, 5) is 13.9. The van der Waals surface area contributed by atoms with Crippen molar-refractivity contribution in [1.82, 2.24) is 19.8 Å². The maximum absolute atomic E-state index is 4.48. The lowest BCUT2D eigenvalue weighted by atomic mass is 10.1. The van der Waals surface area contributed by atoms with Crippen LogP contribution in [0.1, 0.15) is 11.9 Å². The van der Waals surface area contributed by atoms with E-state index in [1.807, 2.05) is 6.07 Å². The molecule has 0 N–H and O–H groups in total. The number of aromatic nitrogens is 2. The Labute approximate surface area is 111 Å². The summed E-state index contributed by atoms with van der Waals surface area (Å²) in [6.07, 6.45) is 0. The molecule has 1 aromatic heterocycles. The minimum atomic E-state index is 0.358. The molecule has 3 saturated heterocycles. The Balaban J connectivity index is 1.91. The molecule has 3 fully saturated rings. The predicted octanol–water partition coefficient (Wildman–Crippen LogP) is 1.67. The average molecular weight is 348 g/mol. The van der Waals surface area contributed by atoms with Crippen molar-refractivity contribution in [1.29, 1.82) is 0 Å². The van der Waals surface area contributed by atoms with Crippen molar-refractivity contribution >= 4 is 31.9 Å². The molecular formula is C10H12Br2N4. The minimum absolute atomic E-state index is 0.358. The van der Waals surface area contributed by atoms with Crippen LogP contribution in [-0.2, 0) is 0 Å². The predicted molar refractivity (Wildman–Crippen MR) is 68.2 cm³/mol. The van der Waals surface area contributed by atoms with E-state index in [2.05, 4.69) is 51.6 Å². The monoisotopic (exact) mass is 346 g/mol. The maximum Gasteiger partial charge on any atom is 0.149 e. The number of hydrogen-bond donors (Lipinski definition) is 0. The highest BCUT2D eigenvalue weighted by atomic mass is 79.9. The molecule has 4 heterocycles. The highest BCUT2D eigenvalue weighted by molar-refractivity contribution is 9.11. The van der Waals surface area contributed by atoms with Gasteiger partial charge in [-0.05, 0) is 31.9 Å². The quantitative estimate of drug-likeness (QED) is 0.723. The van der Waals surface area contributed by atoms with Crippen LogP contribution in [0.5, 0.6) is 0 Å². The van der Waals surface area contributed by atoms with Gasteiger partial charge in [0.1, 0.15) is 15.0 Å². The number of fused-ring (bicyclic) bond motifs is 3. The molecule has 0 aliphatic carbocycles. The summed E-state index contributed by atoms with van der Waals surface area (Å²) in [6.45, 7) is 5.70. The van der Waals surface area contributed by atoms with E-state index in [0.29, 0.717) is 6.04 Å². The Kier molecular flexibility index (Phi) is 2.99. The van der Waals surface area contributed by atoms with Crippen LogP contribution in [0.2, 0.25) is 0 Å². The number of halogens is 2. The van der Waals surface area contributed by atoms with Gasteiger partial charge in [-0.1, -0.05) is 0 Å². The standard InChI is InChI=1S/C10H12Br2N4/c11-8-5-9(12)14-10(13-8)7-6-15-1-3-16(7)4-2-15/h5,7H,1-4,6H2. The van der Waals surface area contributed by atoms with E-state index in [1.54, 1.807) is 0 Å². The van der Waals surface area contributed by atoms with Crippen molar-refractivity contribution < 1.29 is 0 Å². The van der Waals surface area contributed by atoms with Gasteiger partial charge in [0.25, 0.3) is 0 Å². The minimum Gasteiger partial charge on any atom is -0.299 e. The topological polar surface area (TPSA) is 32.3 Å². The normalized spacial score (nSPS) is 33.0. The fourth-order valence-electron chi connectivity index (χ4n) is 2.42. The van der Waals surface area contributed by atoms with Gasteiger partial charge in [0, 0.05) is 38.8 Å². The van der Waals surface area contributed by atoms with E-state index in [-0.39, 0.29) is 0 Å². The summed E-state index contributed by atoms with van der Waals surface area (Å²) in [5.41, 5.74) is 0. The van der Waals surface area contributed by atoms with Crippen LogP contribution in [-0.4, -0.2) is 52.5 Å². The largest absolute Gasteiger partial charge is 0.299 e. The molecule has 16 heavy (non-hydrogen) atoms. The molecule has 0 saturated carbocycles. The summed E-state index contributed by atoms with van der Waals surface area (Å²) in [5, 5.41) is 0. The van der Waals surface area contributed by atoms with Crippen LogP contribution in [0.25, 0.3) is 0 Å². The lowest BCUT2D eigenvalue weighted by molar-refractivity contribution is 0.00850. The molecule has 0 aromatic carbocycles. The molecule has 3 aliphatic heterocycles. The Hall–Kier alpha value is -0.0400. The first kappa shape index (κ1) is 11.1. The Morgan fingerprint density at radius 1 is 1.06 bits per heavy atom. The van der Waals surface area contributed by atoms with Crippen molar-refractivity contribution in [3.8, 4) is 0 Å². The van der Waals surface area contributed by atoms with Gasteiger partial charge < -0.3 is 0 Å². The van der Waals surface area contributed by atoms with E-state index >= 15 is 0 Å². The van der Waals surface area contributed by atoms with Crippen LogP contribution in [0.3, 0.4) is 0 Å². The fourth-order valence-corrected chi connectivity index (χ4v) is 3.52. The second-order valence-electron chi connectivity index (χ2n) is 4.22. The van der Waals surface area contributed by atoms with E-state index in [1.165, 1.54) is 13.1 Å². The lowest BCUT2D eigenvalue weighted by Crippen LogP contribution is -2.57. The van der Waals surface area contributed by atoms with Gasteiger partial charge in [-0.3, -0.25) is 9.80 Å². The first-order chi connectivity index (χ1) is 7.72. The second kappa shape index (κ2) is 4.33. The fraction of sp³-hybridized carbons (Fsp3) is 0.600. The molecule has 0 spiro atoms. The van der Waals surface area contributed by atoms with Gasteiger partial charge in [0.05, 0.1) is 6.04 Å². The van der Waals surface area contributed by atoms with Gasteiger partial charge in [-0.2, -0.15) is 0 Å². The molecule has 0 radical (unpaired) electrons. The third kappa shape index (κ3) is 2.03. The summed E-state index contributed by atoms with van der Waals surface area (Å²) < 4.78 is 1.70. The first-order valence-corrected chi connectivity index (χ1v) is 6.97. The molecule has 4 rings (SSSR count). The van der Waals surface area contributed by atoms with Crippen molar-refractivity contribution in [2.75, 3.05) is 32.7 Å². The van der Waals surface area contributed by atoms with Crippen molar-refractivity contribution in [2.45, 2.75) is 6.04 Å². The molecule has 1 atom stereocenters. The van der Waals surface area contributed by atoms with E-state index in [0.717, 1.165) is 34.7 Å². The summed E-state index contributed by atoms with van der Waals surface area (Å²) in [7, 11) is 0. The molecule has 6 heteroatoms. The third-order valence-electron chi connectivity index (χ3n) is 3.26. The molecule has 86 valence electrons. The molecule has 0 amide bonds. The van der Waals surface area contributed by atoms with Crippen LogP contribution in [0, 0.1) is 0 Å². The maximum atomic E-state index is 4.48. The van der Waals surface area contributed by atoms with E-state index in [4.69, 9.17) is 0 Å². The number of nitrogens with zero attached hydrogens (tertiary/aromatic N) is 4. The number of piperazine rings is 3. The molecule has 2 bridgehead atoms. The highest BCUT2D eigenvalue weighted by Gasteiger charge is 2.34. The summed E-state index contributed by atoms with van der Waals surface area (Å²) in [5.74, 6) is 0.922. The van der Waals surface area contributed by atoms with Crippen molar-refractivity contribution in [3.63, 3.8) is 0 Å². The zero-order valence-corrected chi connectivity index (χ0v) is 11.9. The smallest absolute Gasteiger partial charge is 0.149 e. The molecule has 4 nitrogen and oxygen atoms in total. The van der Waals surface area contributed by atoms with Crippen LogP contribution >= 0.6 is 31.9 Å². The van der Waals surface area contributed by atoms with Gasteiger partial charge >= 0.3 is 0 Å². The van der Waals surface area contributed by atoms with Crippen molar-refractivity contribution in [3.05, 3.63) is 21.1 Å². The SMILES string of the molecule is Brc1cc(Br)nc(C2CN3CCN2CC3)n1. The van der Waals surface area contributed by atoms with E-state index in [9.17, 15) is 0 Å². The van der Waals surface area contributed by atoms with Crippen molar-refractivity contribution in [2.24, 2.45) is 0 Å². The Bertz CT molecular complexity index is 384. The first-order valence-electron chi connectivity index (χ1n) is 5.39. The Morgan fingerprint density at radius 2 is 1.69 bits per heavy atom. The van der Waals surface area contributed by atoms with Gasteiger partial charge in [-0.25, -0.2) is 9.97 Å². The average Bonchev–Trinajstić information content (AvgIpc) is 2.29. The summed E-state index contributed by atoms with van der Waals surface area (Å²) in [6, 6.07) is 2.23. The van der Waals surface area contributed by atoms with Crippen LogP contribution < -0.4 is 0 Å². The lowest BCUT2D eigenvalue weighted by Gasteiger charge is -2.46. The van der Waals surface area contributed by atoms with Gasteiger partial charge in [-0.15, -0.1) is 0 Å². The molecule has 1 aromatic rings. The third-order valence-corrected chi connectivity index (χ3v) is 4.07. The van der Waals surface area contributed by atoms with E-state index < -0.39 is 0 Å².